The first-order valence-corrected chi connectivity index (χ1v) is 5.39. The summed E-state index contributed by atoms with van der Waals surface area (Å²) in [6.07, 6.45) is 0.0969. The average molecular weight is 202 g/mol. The molecule has 0 radical (unpaired) electrons. The van der Waals surface area contributed by atoms with Crippen LogP contribution in [0.4, 0.5) is 0 Å². The van der Waals surface area contributed by atoms with Crippen molar-refractivity contribution in [3.05, 3.63) is 0 Å². The average Bonchev–Trinajstić information content (AvgIpc) is 2.30. The van der Waals surface area contributed by atoms with Crippen LogP contribution in [0.25, 0.3) is 0 Å². The SMILES string of the molecule is CC[C@H]1C[C@@H](OC(C)(C)C)[C@@H](O)C1O. The summed E-state index contributed by atoms with van der Waals surface area (Å²) in [5.41, 5.74) is -0.256. The zero-order valence-electron chi connectivity index (χ0n) is 9.53. The molecule has 0 aromatic rings. The molecule has 0 bridgehead atoms. The molecule has 3 nitrogen and oxygen atoms in total. The number of ether oxygens (including phenoxy) is 1. The van der Waals surface area contributed by atoms with Gasteiger partial charge in [0.2, 0.25) is 0 Å². The highest BCUT2D eigenvalue weighted by molar-refractivity contribution is 4.92. The van der Waals surface area contributed by atoms with Crippen molar-refractivity contribution >= 4 is 0 Å². The highest BCUT2D eigenvalue weighted by Gasteiger charge is 2.42. The fraction of sp³-hybridized carbons (Fsp3) is 1.00. The van der Waals surface area contributed by atoms with Gasteiger partial charge in [-0.1, -0.05) is 13.3 Å². The van der Waals surface area contributed by atoms with Gasteiger partial charge in [-0.3, -0.25) is 0 Å². The van der Waals surface area contributed by atoms with E-state index in [0.29, 0.717) is 0 Å². The topological polar surface area (TPSA) is 49.7 Å². The van der Waals surface area contributed by atoms with Crippen molar-refractivity contribution in [3.63, 3.8) is 0 Å². The van der Waals surface area contributed by atoms with E-state index in [2.05, 4.69) is 0 Å². The second-order valence-corrected chi connectivity index (χ2v) is 5.15. The third-order valence-corrected chi connectivity index (χ3v) is 2.78. The lowest BCUT2D eigenvalue weighted by atomic mass is 10.0. The summed E-state index contributed by atoms with van der Waals surface area (Å²) in [6.45, 7) is 7.92. The van der Waals surface area contributed by atoms with Gasteiger partial charge in [-0.15, -0.1) is 0 Å². The Hall–Kier alpha value is -0.120. The van der Waals surface area contributed by atoms with Gasteiger partial charge in [-0.05, 0) is 33.1 Å². The Morgan fingerprint density at radius 1 is 1.21 bits per heavy atom. The summed E-state index contributed by atoms with van der Waals surface area (Å²) in [5.74, 6) is 0.178. The van der Waals surface area contributed by atoms with Gasteiger partial charge in [0, 0.05) is 0 Å². The molecule has 14 heavy (non-hydrogen) atoms. The van der Waals surface area contributed by atoms with Crippen LogP contribution in [0.5, 0.6) is 0 Å². The van der Waals surface area contributed by atoms with Crippen LogP contribution in [0.15, 0.2) is 0 Å². The number of hydrogen-bond acceptors (Lipinski definition) is 3. The van der Waals surface area contributed by atoms with Crippen molar-refractivity contribution in [2.24, 2.45) is 5.92 Å². The minimum atomic E-state index is -0.723. The number of aliphatic hydroxyl groups is 2. The number of aliphatic hydroxyl groups excluding tert-OH is 2. The third-order valence-electron chi connectivity index (χ3n) is 2.78. The molecule has 0 aromatic carbocycles. The fourth-order valence-corrected chi connectivity index (χ4v) is 2.06. The molecule has 0 saturated heterocycles. The molecular weight excluding hydrogens is 180 g/mol. The van der Waals surface area contributed by atoms with E-state index >= 15 is 0 Å². The first kappa shape index (κ1) is 12.0. The van der Waals surface area contributed by atoms with E-state index in [1.807, 2.05) is 27.7 Å². The molecule has 1 rings (SSSR count). The van der Waals surface area contributed by atoms with Crippen LogP contribution < -0.4 is 0 Å². The van der Waals surface area contributed by atoms with Gasteiger partial charge in [-0.2, -0.15) is 0 Å². The molecule has 2 N–H and O–H groups in total. The predicted molar refractivity (Wildman–Crippen MR) is 55.0 cm³/mol. The summed E-state index contributed by atoms with van der Waals surface area (Å²) >= 11 is 0. The van der Waals surface area contributed by atoms with Crippen LogP contribution in [-0.2, 0) is 4.74 Å². The highest BCUT2D eigenvalue weighted by atomic mass is 16.5. The first-order chi connectivity index (χ1) is 6.35. The minimum absolute atomic E-state index is 0.178. The molecule has 0 amide bonds. The standard InChI is InChI=1S/C11H22O3/c1-5-7-6-8(10(13)9(7)12)14-11(2,3)4/h7-10,12-13H,5-6H2,1-4H3/t7-,8+,9?,10+/m0/s1. The summed E-state index contributed by atoms with van der Waals surface area (Å²) in [5, 5.41) is 19.4. The van der Waals surface area contributed by atoms with Crippen molar-refractivity contribution in [2.75, 3.05) is 0 Å². The summed E-state index contributed by atoms with van der Waals surface area (Å²) < 4.78 is 5.70. The van der Waals surface area contributed by atoms with Crippen molar-refractivity contribution in [1.82, 2.24) is 0 Å². The van der Waals surface area contributed by atoms with E-state index in [-0.39, 0.29) is 17.6 Å². The molecule has 0 aromatic heterocycles. The van der Waals surface area contributed by atoms with Crippen molar-refractivity contribution < 1.29 is 14.9 Å². The van der Waals surface area contributed by atoms with Gasteiger partial charge >= 0.3 is 0 Å². The monoisotopic (exact) mass is 202 g/mol. The molecule has 1 aliphatic carbocycles. The van der Waals surface area contributed by atoms with Crippen molar-refractivity contribution in [2.45, 2.75) is 64.4 Å². The zero-order valence-corrected chi connectivity index (χ0v) is 9.53. The Morgan fingerprint density at radius 3 is 2.14 bits per heavy atom. The summed E-state index contributed by atoms with van der Waals surface area (Å²) in [7, 11) is 0. The molecule has 4 atom stereocenters. The third kappa shape index (κ3) is 2.69. The van der Waals surface area contributed by atoms with Crippen molar-refractivity contribution in [1.29, 1.82) is 0 Å². The second-order valence-electron chi connectivity index (χ2n) is 5.15. The van der Waals surface area contributed by atoms with E-state index in [9.17, 15) is 10.2 Å². The Morgan fingerprint density at radius 2 is 1.79 bits per heavy atom. The molecule has 1 saturated carbocycles. The Balaban J connectivity index is 2.57. The maximum atomic E-state index is 9.75. The maximum absolute atomic E-state index is 9.75. The lowest BCUT2D eigenvalue weighted by Gasteiger charge is -2.27. The quantitative estimate of drug-likeness (QED) is 0.710. The van der Waals surface area contributed by atoms with Gasteiger partial charge in [0.1, 0.15) is 6.10 Å². The van der Waals surface area contributed by atoms with Crippen LogP contribution in [0.3, 0.4) is 0 Å². The predicted octanol–water partition coefficient (Wildman–Crippen LogP) is 1.32. The van der Waals surface area contributed by atoms with Crippen LogP contribution in [-0.4, -0.2) is 34.1 Å². The largest absolute Gasteiger partial charge is 0.390 e. The normalized spacial score (nSPS) is 39.0. The molecular formula is C11H22O3. The van der Waals surface area contributed by atoms with Gasteiger partial charge in [0.25, 0.3) is 0 Å². The van der Waals surface area contributed by atoms with Crippen LogP contribution in [0.1, 0.15) is 40.5 Å². The molecule has 0 spiro atoms. The molecule has 3 heteroatoms. The first-order valence-electron chi connectivity index (χ1n) is 5.39. The van der Waals surface area contributed by atoms with Crippen LogP contribution in [0, 0.1) is 5.92 Å². The lowest BCUT2D eigenvalue weighted by Crippen LogP contribution is -2.36. The van der Waals surface area contributed by atoms with E-state index in [0.717, 1.165) is 12.8 Å². The van der Waals surface area contributed by atoms with Crippen molar-refractivity contribution in [3.8, 4) is 0 Å². The summed E-state index contributed by atoms with van der Waals surface area (Å²) in [4.78, 5) is 0. The lowest BCUT2D eigenvalue weighted by molar-refractivity contribution is -0.114. The fourth-order valence-electron chi connectivity index (χ4n) is 2.06. The van der Waals surface area contributed by atoms with Gasteiger partial charge in [-0.25, -0.2) is 0 Å². The van der Waals surface area contributed by atoms with E-state index in [4.69, 9.17) is 4.74 Å². The van der Waals surface area contributed by atoms with Crippen LogP contribution >= 0.6 is 0 Å². The van der Waals surface area contributed by atoms with E-state index < -0.39 is 12.2 Å². The Bertz CT molecular complexity index is 185. The molecule has 0 heterocycles. The van der Waals surface area contributed by atoms with Gasteiger partial charge in [0.15, 0.2) is 0 Å². The number of rotatable bonds is 2. The minimum Gasteiger partial charge on any atom is -0.390 e. The van der Waals surface area contributed by atoms with E-state index in [1.165, 1.54) is 0 Å². The van der Waals surface area contributed by atoms with Gasteiger partial charge in [0.05, 0.1) is 17.8 Å². The zero-order chi connectivity index (χ0) is 10.9. The Kier molecular flexibility index (Phi) is 3.56. The molecule has 1 aliphatic rings. The molecule has 0 aliphatic heterocycles. The van der Waals surface area contributed by atoms with Gasteiger partial charge < -0.3 is 14.9 Å². The second kappa shape index (κ2) is 4.17. The highest BCUT2D eigenvalue weighted by Crippen LogP contribution is 2.33. The smallest absolute Gasteiger partial charge is 0.106 e. The van der Waals surface area contributed by atoms with Crippen LogP contribution in [0.2, 0.25) is 0 Å². The Labute approximate surface area is 86.1 Å². The molecule has 1 unspecified atom stereocenters. The number of hydrogen-bond donors (Lipinski definition) is 2. The summed E-state index contributed by atoms with van der Waals surface area (Å²) in [6, 6.07) is 0. The molecule has 1 fully saturated rings. The molecule has 84 valence electrons. The maximum Gasteiger partial charge on any atom is 0.106 e. The van der Waals surface area contributed by atoms with E-state index in [1.54, 1.807) is 0 Å².